The number of aromatic hydroxyl groups is 2. The highest BCUT2D eigenvalue weighted by Gasteiger charge is 2.40. The van der Waals surface area contributed by atoms with Gasteiger partial charge >= 0.3 is 0 Å². The Bertz CT molecular complexity index is 1570. The summed E-state index contributed by atoms with van der Waals surface area (Å²) in [5.74, 6) is -2.99. The lowest BCUT2D eigenvalue weighted by Crippen LogP contribution is -2.59. The van der Waals surface area contributed by atoms with Crippen LogP contribution in [0.2, 0.25) is 0 Å². The number of benzene rings is 2. The average molecular weight is 710 g/mol. The number of nitrogens with two attached hydrogens (primary N) is 4. The Morgan fingerprint density at radius 3 is 2.16 bits per heavy atom. The Balaban J connectivity index is 1.69. The fourth-order valence-electron chi connectivity index (χ4n) is 6.43. The van der Waals surface area contributed by atoms with Crippen molar-refractivity contribution in [2.75, 3.05) is 32.7 Å². The quantitative estimate of drug-likeness (QED) is 0.117. The molecule has 1 saturated heterocycles. The van der Waals surface area contributed by atoms with Crippen LogP contribution in [-0.2, 0) is 36.8 Å². The molecule has 14 N–H and O–H groups in total. The van der Waals surface area contributed by atoms with Crippen molar-refractivity contribution in [2.24, 2.45) is 22.9 Å². The zero-order valence-corrected chi connectivity index (χ0v) is 28.7. The molecule has 0 aliphatic carbocycles. The van der Waals surface area contributed by atoms with E-state index in [1.807, 2.05) is 0 Å². The van der Waals surface area contributed by atoms with E-state index in [-0.39, 0.29) is 63.4 Å². The number of carbonyl (C=O) groups is 5. The van der Waals surface area contributed by atoms with E-state index < -0.39 is 59.7 Å². The predicted octanol–water partition coefficient (Wildman–Crippen LogP) is -1.81. The first-order valence-corrected chi connectivity index (χ1v) is 17.5. The molecule has 4 rings (SSSR count). The van der Waals surface area contributed by atoms with Crippen molar-refractivity contribution in [1.82, 2.24) is 26.2 Å². The van der Waals surface area contributed by atoms with Gasteiger partial charge in [-0.05, 0) is 98.1 Å². The van der Waals surface area contributed by atoms with Crippen molar-refractivity contribution in [3.63, 3.8) is 0 Å². The summed E-state index contributed by atoms with van der Waals surface area (Å²) >= 11 is 0. The van der Waals surface area contributed by atoms with Crippen LogP contribution in [0.5, 0.6) is 11.5 Å². The lowest BCUT2D eigenvalue weighted by atomic mass is 9.95. The van der Waals surface area contributed by atoms with Crippen molar-refractivity contribution in [1.29, 1.82) is 0 Å². The van der Waals surface area contributed by atoms with E-state index in [2.05, 4.69) is 21.3 Å². The maximum atomic E-state index is 14.4. The first-order chi connectivity index (χ1) is 24.5. The zero-order valence-electron chi connectivity index (χ0n) is 28.7. The number of fused-ring (bicyclic) bond motifs is 5. The molecule has 0 aromatic heterocycles. The summed E-state index contributed by atoms with van der Waals surface area (Å²) in [5.41, 5.74) is 25.2. The summed E-state index contributed by atoms with van der Waals surface area (Å²) in [6.45, 7) is 1.20. The van der Waals surface area contributed by atoms with E-state index in [1.54, 1.807) is 24.3 Å². The molecule has 0 unspecified atom stereocenters. The predicted molar refractivity (Wildman–Crippen MR) is 190 cm³/mol. The zero-order chi connectivity index (χ0) is 37.1. The number of phenols is 2. The summed E-state index contributed by atoms with van der Waals surface area (Å²) in [6, 6.07) is 4.37. The number of nitrogens with zero attached hydrogens (tertiary/aromatic N) is 1. The van der Waals surface area contributed by atoms with Gasteiger partial charge in [0.1, 0.15) is 35.7 Å². The van der Waals surface area contributed by atoms with Crippen molar-refractivity contribution in [3.05, 3.63) is 47.5 Å². The molecule has 5 amide bonds. The molecular weight excluding hydrogens is 658 g/mol. The molecule has 278 valence electrons. The summed E-state index contributed by atoms with van der Waals surface area (Å²) < 4.78 is 0. The summed E-state index contributed by atoms with van der Waals surface area (Å²) in [4.78, 5) is 69.3. The van der Waals surface area contributed by atoms with Gasteiger partial charge in [-0.25, -0.2) is 0 Å². The molecule has 0 spiro atoms. The van der Waals surface area contributed by atoms with Crippen molar-refractivity contribution in [2.45, 2.75) is 81.6 Å². The van der Waals surface area contributed by atoms with Gasteiger partial charge in [0.15, 0.2) is 0 Å². The number of amides is 5. The largest absolute Gasteiger partial charge is 0.508 e. The molecule has 1 fully saturated rings. The third-order valence-corrected chi connectivity index (χ3v) is 9.25. The number of carbonyl (C=O) groups excluding carboxylic acids is 5. The number of phenolic OH excluding ortho intramolecular Hbond substituents is 2. The second kappa shape index (κ2) is 18.5. The number of rotatable bonds is 12. The first-order valence-electron chi connectivity index (χ1n) is 17.5. The second-order valence-electron chi connectivity index (χ2n) is 13.0. The van der Waals surface area contributed by atoms with Gasteiger partial charge < -0.3 is 59.3 Å². The molecule has 51 heavy (non-hydrogen) atoms. The molecule has 2 aromatic carbocycles. The second-order valence-corrected chi connectivity index (χ2v) is 13.0. The Kier molecular flexibility index (Phi) is 14.1. The number of likely N-dealkylation sites (tertiary alicyclic amines) is 1. The summed E-state index contributed by atoms with van der Waals surface area (Å²) in [5, 5.41) is 32.4. The van der Waals surface area contributed by atoms with E-state index in [1.165, 1.54) is 17.0 Å². The molecule has 2 heterocycles. The minimum absolute atomic E-state index is 0.0248. The minimum Gasteiger partial charge on any atom is -0.508 e. The minimum atomic E-state index is -1.26. The maximum Gasteiger partial charge on any atom is 0.246 e. The van der Waals surface area contributed by atoms with Crippen LogP contribution in [0.15, 0.2) is 36.4 Å². The molecule has 0 saturated carbocycles. The van der Waals surface area contributed by atoms with E-state index in [0.29, 0.717) is 54.5 Å². The normalized spacial score (nSPS) is 21.5. The van der Waals surface area contributed by atoms with Crippen LogP contribution in [0.4, 0.5) is 0 Å². The lowest BCUT2D eigenvalue weighted by molar-refractivity contribution is -0.142. The van der Waals surface area contributed by atoms with Crippen molar-refractivity contribution < 1.29 is 34.2 Å². The Morgan fingerprint density at radius 1 is 0.882 bits per heavy atom. The van der Waals surface area contributed by atoms with Gasteiger partial charge in [-0.3, -0.25) is 24.0 Å². The number of hydrogen-bond donors (Lipinski definition) is 10. The standard InChI is InChI=1S/C35H51N9O7/c36-11-1-4-25(32(48)40-14-13-38)42-34(50)28-6-3-15-44(28)35(51)27-19-23-17-21(8-10-30(23)46)20-7-9-29(45)22(16-20)18-24(39)31(47)41-26(5-2-12-37)33(49)43-27/h7-10,16-17,24-28,45-46H,1-6,11-15,18-19,36-39H2,(H,40,48)(H,41,47)(H,42,50)(H,43,49)/t24-,25-,26+,27-,28-/m0/s1. The third-order valence-electron chi connectivity index (χ3n) is 9.25. The van der Waals surface area contributed by atoms with Crippen LogP contribution in [0.25, 0.3) is 11.1 Å². The highest BCUT2D eigenvalue weighted by Crippen LogP contribution is 2.31. The highest BCUT2D eigenvalue weighted by molar-refractivity contribution is 5.96. The Morgan fingerprint density at radius 2 is 1.53 bits per heavy atom. The lowest BCUT2D eigenvalue weighted by Gasteiger charge is -2.31. The fraction of sp³-hybridized carbons (Fsp3) is 0.514. The van der Waals surface area contributed by atoms with Crippen LogP contribution in [0, 0.1) is 0 Å². The van der Waals surface area contributed by atoms with Gasteiger partial charge in [-0.15, -0.1) is 0 Å². The molecule has 2 aliphatic heterocycles. The summed E-state index contributed by atoms with van der Waals surface area (Å²) in [6.07, 6.45) is 1.92. The van der Waals surface area contributed by atoms with Crippen LogP contribution >= 0.6 is 0 Å². The van der Waals surface area contributed by atoms with Gasteiger partial charge in [0.25, 0.3) is 0 Å². The molecule has 2 aliphatic rings. The number of nitrogens with one attached hydrogen (secondary N) is 4. The van der Waals surface area contributed by atoms with E-state index >= 15 is 0 Å². The maximum absolute atomic E-state index is 14.4. The number of hydrogen-bond acceptors (Lipinski definition) is 11. The van der Waals surface area contributed by atoms with Crippen LogP contribution in [0.3, 0.4) is 0 Å². The van der Waals surface area contributed by atoms with E-state index in [0.717, 1.165) is 0 Å². The van der Waals surface area contributed by atoms with Gasteiger partial charge in [0.05, 0.1) is 6.04 Å². The van der Waals surface area contributed by atoms with Crippen molar-refractivity contribution in [3.8, 4) is 22.6 Å². The van der Waals surface area contributed by atoms with Crippen LogP contribution < -0.4 is 44.2 Å². The van der Waals surface area contributed by atoms with Crippen molar-refractivity contribution >= 4 is 29.5 Å². The van der Waals surface area contributed by atoms with Gasteiger partial charge in [-0.2, -0.15) is 0 Å². The topological polar surface area (TPSA) is 281 Å². The van der Waals surface area contributed by atoms with Gasteiger partial charge in [0.2, 0.25) is 29.5 Å². The smallest absolute Gasteiger partial charge is 0.246 e. The SMILES string of the molecule is NCCC[C@H](NC(=O)[C@@H]1CCCN1C(=O)[C@@H]1Cc2cc(ccc2O)-c2ccc(O)c(c2)C[C@H](N)C(=O)N[C@H](CCCN)C(=O)N1)C(=O)NCCN. The van der Waals surface area contributed by atoms with Gasteiger partial charge in [0, 0.05) is 32.5 Å². The van der Waals surface area contributed by atoms with Gasteiger partial charge in [-0.1, -0.05) is 12.1 Å². The first kappa shape index (κ1) is 39.0. The monoisotopic (exact) mass is 709 g/mol. The van der Waals surface area contributed by atoms with Crippen LogP contribution in [-0.4, -0.2) is 108 Å². The Hall–Kier alpha value is -4.77. The molecule has 5 atom stereocenters. The average Bonchev–Trinajstić information content (AvgIpc) is 3.61. The molecule has 4 bridgehead atoms. The summed E-state index contributed by atoms with van der Waals surface area (Å²) in [7, 11) is 0. The van der Waals surface area contributed by atoms with E-state index in [4.69, 9.17) is 22.9 Å². The van der Waals surface area contributed by atoms with Crippen LogP contribution in [0.1, 0.15) is 49.7 Å². The molecular formula is C35H51N9O7. The van der Waals surface area contributed by atoms with E-state index in [9.17, 15) is 34.2 Å². The third kappa shape index (κ3) is 10.2. The molecule has 16 heteroatoms. The fourth-order valence-corrected chi connectivity index (χ4v) is 6.43. The highest BCUT2D eigenvalue weighted by atomic mass is 16.3. The molecule has 16 nitrogen and oxygen atoms in total. The Labute approximate surface area is 297 Å². The molecule has 2 aromatic rings. The molecule has 0 radical (unpaired) electrons.